The Morgan fingerprint density at radius 2 is 0.721 bits per heavy atom. The molecule has 0 unspecified atom stereocenters. The number of para-hydroxylation sites is 2. The first-order valence-corrected chi connectivity index (χ1v) is 24.6. The molecule has 330 valence electrons. The summed E-state index contributed by atoms with van der Waals surface area (Å²) in [6.45, 7) is 13.7. The van der Waals surface area contributed by atoms with Gasteiger partial charge in [0.25, 0.3) is 0 Å². The largest absolute Gasteiger partial charge is 0.310 e. The number of rotatable bonds is 7. The minimum Gasteiger partial charge on any atom is -0.310 e. The normalized spacial score (nSPS) is 12.3. The van der Waals surface area contributed by atoms with E-state index >= 15 is 0 Å². The molecule has 0 saturated heterocycles. The third-order valence-electron chi connectivity index (χ3n) is 13.8. The zero-order chi connectivity index (χ0) is 46.3. The van der Waals surface area contributed by atoms with Gasteiger partial charge in [-0.15, -0.1) is 11.3 Å². The van der Waals surface area contributed by atoms with Crippen LogP contribution in [0.3, 0.4) is 0 Å². The molecular weight excluding hydrogens is 843 g/mol. The summed E-state index contributed by atoms with van der Waals surface area (Å²) in [6.07, 6.45) is 0. The Morgan fingerprint density at radius 1 is 0.338 bits per heavy atom. The van der Waals surface area contributed by atoms with Gasteiger partial charge in [-0.1, -0.05) is 169 Å². The van der Waals surface area contributed by atoms with Crippen LogP contribution in [-0.4, -0.2) is 4.57 Å². The zero-order valence-electron chi connectivity index (χ0n) is 39.5. The van der Waals surface area contributed by atoms with Crippen molar-refractivity contribution in [3.8, 4) is 5.69 Å². The summed E-state index contributed by atoms with van der Waals surface area (Å²) >= 11 is 1.86. The molecular formula is C64H53N3S. The lowest BCUT2D eigenvalue weighted by Gasteiger charge is -2.28. The van der Waals surface area contributed by atoms with Crippen molar-refractivity contribution in [3.63, 3.8) is 0 Å². The van der Waals surface area contributed by atoms with Gasteiger partial charge in [0.05, 0.1) is 22.4 Å². The standard InChI is InChI=1S/C64H53N3S/c1-63(2,3)42-29-33-46(34-30-42)65(44-19-9-7-10-20-44)55-40-57-61(52-26-15-13-23-49(52)55)62-53-27-16-14-24-50(53)56(66(45-21-11-8-12-22-45)47-35-31-43(32-36-47)64(4,5)6)41-58(62)67(57)48-37-38-60-54(39-48)51-25-17-18-28-59(51)68-60/h7-41H,1-6H3. The van der Waals surface area contributed by atoms with Gasteiger partial charge in [-0.3, -0.25) is 0 Å². The van der Waals surface area contributed by atoms with Gasteiger partial charge in [-0.25, -0.2) is 0 Å². The monoisotopic (exact) mass is 895 g/mol. The van der Waals surface area contributed by atoms with Gasteiger partial charge in [-0.05, 0) is 118 Å². The van der Waals surface area contributed by atoms with Crippen LogP contribution in [0.2, 0.25) is 0 Å². The van der Waals surface area contributed by atoms with E-state index in [4.69, 9.17) is 0 Å². The molecule has 12 rings (SSSR count). The van der Waals surface area contributed by atoms with E-state index in [0.29, 0.717) is 0 Å². The second-order valence-electron chi connectivity index (χ2n) is 20.2. The Balaban J connectivity index is 1.23. The van der Waals surface area contributed by atoms with Gasteiger partial charge in [-0.2, -0.15) is 0 Å². The van der Waals surface area contributed by atoms with E-state index in [0.717, 1.165) is 50.8 Å². The molecule has 0 saturated carbocycles. The first-order chi connectivity index (χ1) is 33.0. The Morgan fingerprint density at radius 3 is 1.18 bits per heavy atom. The highest BCUT2D eigenvalue weighted by atomic mass is 32.1. The lowest BCUT2D eigenvalue weighted by Crippen LogP contribution is -2.13. The molecule has 0 aliphatic heterocycles. The molecule has 0 radical (unpaired) electrons. The minimum atomic E-state index is 0.0329. The van der Waals surface area contributed by atoms with E-state index in [2.05, 4.69) is 268 Å². The molecule has 0 aliphatic carbocycles. The Labute approximate surface area is 402 Å². The highest BCUT2D eigenvalue weighted by Gasteiger charge is 2.27. The van der Waals surface area contributed by atoms with Gasteiger partial charge in [0.2, 0.25) is 0 Å². The fourth-order valence-electron chi connectivity index (χ4n) is 10.4. The number of fused-ring (bicyclic) bond motifs is 10. The maximum Gasteiger partial charge on any atom is 0.0568 e. The smallest absolute Gasteiger partial charge is 0.0568 e. The van der Waals surface area contributed by atoms with Crippen LogP contribution in [0, 0.1) is 0 Å². The van der Waals surface area contributed by atoms with E-state index in [1.165, 1.54) is 63.6 Å². The summed E-state index contributed by atoms with van der Waals surface area (Å²) < 4.78 is 5.14. The quantitative estimate of drug-likeness (QED) is 0.158. The average Bonchev–Trinajstić information content (AvgIpc) is 3.90. The first kappa shape index (κ1) is 41.7. The maximum absolute atomic E-state index is 2.56. The predicted octanol–water partition coefficient (Wildman–Crippen LogP) is 19.0. The van der Waals surface area contributed by atoms with E-state index in [-0.39, 0.29) is 10.8 Å². The van der Waals surface area contributed by atoms with Crippen LogP contribution >= 0.6 is 11.3 Å². The second-order valence-corrected chi connectivity index (χ2v) is 21.3. The van der Waals surface area contributed by atoms with Gasteiger partial charge in [0.15, 0.2) is 0 Å². The molecule has 0 spiro atoms. The van der Waals surface area contributed by atoms with Gasteiger partial charge < -0.3 is 14.4 Å². The average molecular weight is 896 g/mol. The van der Waals surface area contributed by atoms with Gasteiger partial charge in [0, 0.05) is 70.2 Å². The van der Waals surface area contributed by atoms with Gasteiger partial charge >= 0.3 is 0 Å². The number of thiophene rings is 1. The maximum atomic E-state index is 2.56. The predicted molar refractivity (Wildman–Crippen MR) is 295 cm³/mol. The molecule has 2 heterocycles. The molecule has 0 atom stereocenters. The molecule has 3 nitrogen and oxygen atoms in total. The van der Waals surface area contributed by atoms with Gasteiger partial charge in [0.1, 0.15) is 0 Å². The molecule has 0 N–H and O–H groups in total. The van der Waals surface area contributed by atoms with E-state index < -0.39 is 0 Å². The summed E-state index contributed by atoms with van der Waals surface area (Å²) in [5.74, 6) is 0. The van der Waals surface area contributed by atoms with Crippen LogP contribution in [0.5, 0.6) is 0 Å². The second kappa shape index (κ2) is 16.0. The SMILES string of the molecule is CC(C)(C)c1ccc(N(c2ccccc2)c2cc3c(c4ccccc24)c2c4ccccc4c(N(c4ccccc4)c4ccc(C(C)(C)C)cc4)cc2n3-c2ccc3sc4ccccc4c3c2)cc1. The number of hydrogen-bond donors (Lipinski definition) is 0. The number of hydrogen-bond acceptors (Lipinski definition) is 3. The van der Waals surface area contributed by atoms with Crippen molar-refractivity contribution in [1.29, 1.82) is 0 Å². The zero-order valence-corrected chi connectivity index (χ0v) is 40.3. The molecule has 2 aromatic heterocycles. The third-order valence-corrected chi connectivity index (χ3v) is 15.0. The Bertz CT molecular complexity index is 3650. The van der Waals surface area contributed by atoms with Crippen LogP contribution in [0.15, 0.2) is 212 Å². The van der Waals surface area contributed by atoms with Crippen molar-refractivity contribution in [2.75, 3.05) is 9.80 Å². The topological polar surface area (TPSA) is 11.4 Å². The van der Waals surface area contributed by atoms with E-state index in [9.17, 15) is 0 Å². The van der Waals surface area contributed by atoms with Crippen molar-refractivity contribution >= 4 is 109 Å². The van der Waals surface area contributed by atoms with Crippen LogP contribution in [0.25, 0.3) is 69.2 Å². The molecule has 0 amide bonds. The number of benzene rings is 10. The fourth-order valence-corrected chi connectivity index (χ4v) is 11.5. The summed E-state index contributed by atoms with van der Waals surface area (Å²) in [5.41, 5.74) is 12.8. The van der Waals surface area contributed by atoms with Crippen molar-refractivity contribution in [3.05, 3.63) is 223 Å². The molecule has 0 bridgehead atoms. The third kappa shape index (κ3) is 6.93. The summed E-state index contributed by atoms with van der Waals surface area (Å²) in [5, 5.41) is 9.87. The fraction of sp³-hybridized carbons (Fsp3) is 0.125. The van der Waals surface area contributed by atoms with Crippen LogP contribution in [-0.2, 0) is 10.8 Å². The molecule has 12 aromatic rings. The molecule has 0 aliphatic rings. The van der Waals surface area contributed by atoms with Crippen LogP contribution in [0.1, 0.15) is 52.7 Å². The van der Waals surface area contributed by atoms with E-state index in [1.807, 2.05) is 11.3 Å². The summed E-state index contributed by atoms with van der Waals surface area (Å²) in [4.78, 5) is 4.90. The Kier molecular flexibility index (Phi) is 9.83. The first-order valence-electron chi connectivity index (χ1n) is 23.8. The lowest BCUT2D eigenvalue weighted by atomic mass is 9.87. The van der Waals surface area contributed by atoms with Crippen LogP contribution in [0.4, 0.5) is 34.1 Å². The van der Waals surface area contributed by atoms with Crippen molar-refractivity contribution < 1.29 is 0 Å². The highest BCUT2D eigenvalue weighted by molar-refractivity contribution is 7.25. The van der Waals surface area contributed by atoms with E-state index in [1.54, 1.807) is 0 Å². The Hall–Kier alpha value is -7.66. The molecule has 4 heteroatoms. The highest BCUT2D eigenvalue weighted by Crippen LogP contribution is 2.50. The lowest BCUT2D eigenvalue weighted by molar-refractivity contribution is 0.590. The summed E-state index contributed by atoms with van der Waals surface area (Å²) in [7, 11) is 0. The number of anilines is 6. The minimum absolute atomic E-state index is 0.0329. The number of nitrogens with zero attached hydrogens (tertiary/aromatic N) is 3. The number of aromatic nitrogens is 1. The summed E-state index contributed by atoms with van der Waals surface area (Å²) in [6, 6.07) is 79.0. The van der Waals surface area contributed by atoms with Crippen molar-refractivity contribution in [2.45, 2.75) is 52.4 Å². The van der Waals surface area contributed by atoms with Crippen LogP contribution < -0.4 is 9.80 Å². The van der Waals surface area contributed by atoms with Crippen molar-refractivity contribution in [2.24, 2.45) is 0 Å². The molecule has 0 fully saturated rings. The van der Waals surface area contributed by atoms with Crippen molar-refractivity contribution in [1.82, 2.24) is 4.57 Å². The molecule has 10 aromatic carbocycles. The molecule has 68 heavy (non-hydrogen) atoms.